The van der Waals surface area contributed by atoms with Crippen molar-refractivity contribution in [2.24, 2.45) is 0 Å². The minimum absolute atomic E-state index is 0.190. The number of hydrogen-bond acceptors (Lipinski definition) is 3. The van der Waals surface area contributed by atoms with Gasteiger partial charge in [-0.2, -0.15) is 5.10 Å². The lowest BCUT2D eigenvalue weighted by Gasteiger charge is -2.24. The van der Waals surface area contributed by atoms with E-state index in [0.29, 0.717) is 0 Å². The summed E-state index contributed by atoms with van der Waals surface area (Å²) in [6.07, 6.45) is 8.71. The zero-order chi connectivity index (χ0) is 15.4. The van der Waals surface area contributed by atoms with Gasteiger partial charge in [0.25, 0.3) is 0 Å². The summed E-state index contributed by atoms with van der Waals surface area (Å²) in [6, 6.07) is 6.25. The van der Waals surface area contributed by atoms with Gasteiger partial charge in [0.15, 0.2) is 0 Å². The minimum Gasteiger partial charge on any atom is -0.369 e. The summed E-state index contributed by atoms with van der Waals surface area (Å²) in [5, 5.41) is 12.5. The molecule has 3 aromatic rings. The largest absolute Gasteiger partial charge is 0.369 e. The fraction of sp³-hybridized carbons (Fsp3) is 0.333. The van der Waals surface area contributed by atoms with Crippen molar-refractivity contribution >= 4 is 28.3 Å². The third-order valence-corrected chi connectivity index (χ3v) is 5.84. The zero-order valence-corrected chi connectivity index (χ0v) is 13.5. The first-order valence-corrected chi connectivity index (χ1v) is 8.51. The Hall–Kier alpha value is -2.07. The number of aromatic amines is 1. The number of rotatable bonds is 1. The van der Waals surface area contributed by atoms with Crippen molar-refractivity contribution in [3.05, 3.63) is 41.2 Å². The number of hydrogen-bond donors (Lipinski definition) is 2. The van der Waals surface area contributed by atoms with Crippen LogP contribution in [0.15, 0.2) is 30.6 Å². The predicted octanol–water partition coefficient (Wildman–Crippen LogP) is 4.52. The quantitative estimate of drug-likeness (QED) is 0.692. The van der Waals surface area contributed by atoms with Crippen LogP contribution in [-0.2, 0) is 5.41 Å². The van der Waals surface area contributed by atoms with Crippen molar-refractivity contribution in [2.75, 3.05) is 11.9 Å². The van der Waals surface area contributed by atoms with Crippen LogP contribution in [-0.4, -0.2) is 21.7 Å². The van der Waals surface area contributed by atoms with Gasteiger partial charge < -0.3 is 5.32 Å². The van der Waals surface area contributed by atoms with Gasteiger partial charge in [-0.1, -0.05) is 30.5 Å². The monoisotopic (exact) mass is 324 g/mol. The molecule has 1 saturated carbocycles. The fourth-order valence-electron chi connectivity index (χ4n) is 4.24. The zero-order valence-electron chi connectivity index (χ0n) is 12.7. The predicted molar refractivity (Wildman–Crippen MR) is 93.0 cm³/mol. The lowest BCUT2D eigenvalue weighted by molar-refractivity contribution is 0.489. The standard InChI is InChI=1S/C18H17ClN4/c19-16-13(11-3-4-14-12(7-11)8-22-23-14)9-20-17-15(16)18(10-21-17)5-1-2-6-18/h3-4,7-9H,1-2,5-6,10H2,(H,20,21)(H,22,23). The number of nitrogens with one attached hydrogen (secondary N) is 2. The summed E-state index contributed by atoms with van der Waals surface area (Å²) in [4.78, 5) is 4.66. The molecular formula is C18H17ClN4. The molecule has 116 valence electrons. The Kier molecular flexibility index (Phi) is 2.74. The van der Waals surface area contributed by atoms with Crippen molar-refractivity contribution in [1.82, 2.24) is 15.2 Å². The maximum absolute atomic E-state index is 6.88. The number of H-pyrrole nitrogens is 1. The molecule has 1 spiro atoms. The van der Waals surface area contributed by atoms with Crippen molar-refractivity contribution in [3.8, 4) is 11.1 Å². The Bertz CT molecular complexity index is 909. The molecule has 1 aliphatic heterocycles. The molecule has 5 heteroatoms. The number of benzene rings is 1. The van der Waals surface area contributed by atoms with Gasteiger partial charge in [0.1, 0.15) is 5.82 Å². The fourth-order valence-corrected chi connectivity index (χ4v) is 4.69. The maximum atomic E-state index is 6.88. The van der Waals surface area contributed by atoms with E-state index in [0.717, 1.165) is 39.4 Å². The molecule has 0 atom stereocenters. The second-order valence-corrected chi connectivity index (χ2v) is 7.10. The van der Waals surface area contributed by atoms with Crippen molar-refractivity contribution in [1.29, 1.82) is 0 Å². The molecule has 0 bridgehead atoms. The lowest BCUT2D eigenvalue weighted by atomic mass is 9.80. The normalized spacial score (nSPS) is 18.5. The highest BCUT2D eigenvalue weighted by Gasteiger charge is 2.44. The number of halogens is 1. The summed E-state index contributed by atoms with van der Waals surface area (Å²) in [6.45, 7) is 0.972. The average Bonchev–Trinajstić information content (AvgIpc) is 3.29. The second-order valence-electron chi connectivity index (χ2n) is 6.72. The molecule has 2 aliphatic rings. The molecule has 5 rings (SSSR count). The van der Waals surface area contributed by atoms with Crippen molar-refractivity contribution in [3.63, 3.8) is 0 Å². The van der Waals surface area contributed by atoms with Gasteiger partial charge in [-0.05, 0) is 30.5 Å². The minimum atomic E-state index is 0.190. The van der Waals surface area contributed by atoms with E-state index in [-0.39, 0.29) is 5.41 Å². The Morgan fingerprint density at radius 3 is 2.87 bits per heavy atom. The van der Waals surface area contributed by atoms with Crippen LogP contribution in [0.25, 0.3) is 22.0 Å². The lowest BCUT2D eigenvalue weighted by Crippen LogP contribution is -2.24. The number of aromatic nitrogens is 3. The van der Waals surface area contributed by atoms with Crippen LogP contribution in [0, 0.1) is 0 Å². The third kappa shape index (κ3) is 1.84. The number of fused-ring (bicyclic) bond motifs is 3. The van der Waals surface area contributed by atoms with E-state index in [1.165, 1.54) is 31.2 Å². The molecule has 0 radical (unpaired) electrons. The first-order valence-electron chi connectivity index (χ1n) is 8.13. The van der Waals surface area contributed by atoms with Gasteiger partial charge in [0.05, 0.1) is 16.7 Å². The molecule has 0 unspecified atom stereocenters. The third-order valence-electron chi connectivity index (χ3n) is 5.45. The molecule has 4 nitrogen and oxygen atoms in total. The summed E-state index contributed by atoms with van der Waals surface area (Å²) in [5.74, 6) is 0.977. The highest BCUT2D eigenvalue weighted by atomic mass is 35.5. The van der Waals surface area contributed by atoms with Crippen molar-refractivity contribution < 1.29 is 0 Å². The van der Waals surface area contributed by atoms with Crippen LogP contribution >= 0.6 is 11.6 Å². The van der Waals surface area contributed by atoms with E-state index in [2.05, 4.69) is 32.6 Å². The van der Waals surface area contributed by atoms with E-state index in [1.807, 2.05) is 18.5 Å². The summed E-state index contributed by atoms with van der Waals surface area (Å²) in [5.41, 5.74) is 4.58. The Morgan fingerprint density at radius 1 is 1.13 bits per heavy atom. The Morgan fingerprint density at radius 2 is 2.00 bits per heavy atom. The van der Waals surface area contributed by atoms with Crippen LogP contribution in [0.3, 0.4) is 0 Å². The first-order chi connectivity index (χ1) is 11.3. The van der Waals surface area contributed by atoms with E-state index < -0.39 is 0 Å². The maximum Gasteiger partial charge on any atom is 0.131 e. The summed E-state index contributed by atoms with van der Waals surface area (Å²) >= 11 is 6.88. The van der Waals surface area contributed by atoms with Gasteiger partial charge in [-0.15, -0.1) is 0 Å². The molecule has 2 N–H and O–H groups in total. The van der Waals surface area contributed by atoms with Crippen molar-refractivity contribution in [2.45, 2.75) is 31.1 Å². The molecule has 2 aromatic heterocycles. The average molecular weight is 325 g/mol. The Balaban J connectivity index is 1.70. The number of pyridine rings is 1. The van der Waals surface area contributed by atoms with Gasteiger partial charge >= 0.3 is 0 Å². The summed E-state index contributed by atoms with van der Waals surface area (Å²) < 4.78 is 0. The van der Waals surface area contributed by atoms with Gasteiger partial charge in [0, 0.05) is 34.7 Å². The van der Waals surface area contributed by atoms with Gasteiger partial charge in [-0.3, -0.25) is 5.10 Å². The molecular weight excluding hydrogens is 308 g/mol. The number of nitrogens with zero attached hydrogens (tertiary/aromatic N) is 2. The van der Waals surface area contributed by atoms with Gasteiger partial charge in [0.2, 0.25) is 0 Å². The van der Waals surface area contributed by atoms with Gasteiger partial charge in [-0.25, -0.2) is 4.98 Å². The SMILES string of the molecule is Clc1c(-c2ccc3[nH]ncc3c2)cnc2c1C1(CCCC1)CN2. The highest BCUT2D eigenvalue weighted by molar-refractivity contribution is 6.34. The molecule has 0 amide bonds. The van der Waals surface area contributed by atoms with Crippen LogP contribution in [0.4, 0.5) is 5.82 Å². The van der Waals surface area contributed by atoms with E-state index >= 15 is 0 Å². The van der Waals surface area contributed by atoms with Crippen LogP contribution < -0.4 is 5.32 Å². The topological polar surface area (TPSA) is 53.6 Å². The molecule has 0 saturated heterocycles. The Labute approximate surface area is 139 Å². The second kappa shape index (κ2) is 4.71. The van der Waals surface area contributed by atoms with Crippen LogP contribution in [0.2, 0.25) is 5.02 Å². The van der Waals surface area contributed by atoms with E-state index in [9.17, 15) is 0 Å². The molecule has 1 fully saturated rings. The molecule has 3 heterocycles. The molecule has 1 aliphatic carbocycles. The van der Waals surface area contributed by atoms with E-state index in [4.69, 9.17) is 11.6 Å². The first kappa shape index (κ1) is 13.4. The molecule has 23 heavy (non-hydrogen) atoms. The van der Waals surface area contributed by atoms with E-state index in [1.54, 1.807) is 0 Å². The smallest absolute Gasteiger partial charge is 0.131 e. The van der Waals surface area contributed by atoms with Crippen LogP contribution in [0.1, 0.15) is 31.2 Å². The number of anilines is 1. The highest BCUT2D eigenvalue weighted by Crippen LogP contribution is 2.51. The van der Waals surface area contributed by atoms with Crippen LogP contribution in [0.5, 0.6) is 0 Å². The molecule has 1 aromatic carbocycles. The summed E-state index contributed by atoms with van der Waals surface area (Å²) in [7, 11) is 0.